The first-order valence-electron chi connectivity index (χ1n) is 6.17. The highest BCUT2D eigenvalue weighted by Gasteiger charge is 2.22. The van der Waals surface area contributed by atoms with Gasteiger partial charge < -0.3 is 5.32 Å². The van der Waals surface area contributed by atoms with Crippen molar-refractivity contribution in [3.63, 3.8) is 0 Å². The number of hydrogen-bond acceptors (Lipinski definition) is 2. The van der Waals surface area contributed by atoms with Crippen LogP contribution in [0, 0.1) is 11.6 Å². The molecule has 0 radical (unpaired) electrons. The second-order valence-electron chi connectivity index (χ2n) is 4.48. The van der Waals surface area contributed by atoms with Crippen molar-refractivity contribution in [3.8, 4) is 0 Å². The fraction of sp³-hybridized carbons (Fsp3) is 0.538. The molecular formula is C13H17F3N2. The maximum Gasteiger partial charge on any atom is 0.126 e. The van der Waals surface area contributed by atoms with E-state index >= 15 is 0 Å². The van der Waals surface area contributed by atoms with Gasteiger partial charge >= 0.3 is 0 Å². The highest BCUT2D eigenvalue weighted by molar-refractivity contribution is 5.21. The van der Waals surface area contributed by atoms with Gasteiger partial charge in [0.25, 0.3) is 0 Å². The molecule has 100 valence electrons. The van der Waals surface area contributed by atoms with Gasteiger partial charge in [0.05, 0.1) is 6.67 Å². The predicted octanol–water partition coefficient (Wildman–Crippen LogP) is 2.27. The van der Waals surface area contributed by atoms with Gasteiger partial charge in [-0.2, -0.15) is 0 Å². The van der Waals surface area contributed by atoms with Crippen LogP contribution in [0.25, 0.3) is 0 Å². The van der Waals surface area contributed by atoms with Crippen LogP contribution >= 0.6 is 0 Å². The smallest absolute Gasteiger partial charge is 0.126 e. The topological polar surface area (TPSA) is 15.3 Å². The average molecular weight is 258 g/mol. The monoisotopic (exact) mass is 258 g/mol. The van der Waals surface area contributed by atoms with Gasteiger partial charge in [0.2, 0.25) is 0 Å². The number of nitrogens with zero attached hydrogens (tertiary/aromatic N) is 1. The van der Waals surface area contributed by atoms with Gasteiger partial charge in [-0.3, -0.25) is 9.29 Å². The lowest BCUT2D eigenvalue weighted by atomic mass is 10.0. The number of rotatable bonds is 4. The van der Waals surface area contributed by atoms with Crippen molar-refractivity contribution in [1.29, 1.82) is 0 Å². The average Bonchev–Trinajstić information content (AvgIpc) is 2.36. The fourth-order valence-electron chi connectivity index (χ4n) is 2.42. The first kappa shape index (κ1) is 13.4. The molecular weight excluding hydrogens is 241 g/mol. The summed E-state index contributed by atoms with van der Waals surface area (Å²) in [6, 6.07) is 3.19. The van der Waals surface area contributed by atoms with Gasteiger partial charge in [0.15, 0.2) is 0 Å². The molecule has 2 nitrogen and oxygen atoms in total. The summed E-state index contributed by atoms with van der Waals surface area (Å²) in [7, 11) is 0. The third-order valence-corrected chi connectivity index (χ3v) is 3.24. The number of benzene rings is 1. The summed E-state index contributed by atoms with van der Waals surface area (Å²) in [5, 5.41) is 3.20. The van der Waals surface area contributed by atoms with Gasteiger partial charge in [-0.15, -0.1) is 0 Å². The van der Waals surface area contributed by atoms with E-state index in [-0.39, 0.29) is 12.5 Å². The SMILES string of the molecule is FCC[C@@H](c1cc(F)cc(F)c1)N1CCNCC1. The van der Waals surface area contributed by atoms with Crippen LogP contribution in [0.4, 0.5) is 13.2 Å². The van der Waals surface area contributed by atoms with E-state index in [1.165, 1.54) is 12.1 Å². The summed E-state index contributed by atoms with van der Waals surface area (Å²) >= 11 is 0. The van der Waals surface area contributed by atoms with E-state index in [1.54, 1.807) is 0 Å². The highest BCUT2D eigenvalue weighted by atomic mass is 19.1. The molecule has 0 amide bonds. The Morgan fingerprint density at radius 3 is 2.28 bits per heavy atom. The molecule has 0 bridgehead atoms. The summed E-state index contributed by atoms with van der Waals surface area (Å²) in [5.41, 5.74) is 0.520. The number of nitrogens with one attached hydrogen (secondary N) is 1. The summed E-state index contributed by atoms with van der Waals surface area (Å²) in [5.74, 6) is -1.21. The van der Waals surface area contributed by atoms with E-state index in [0.29, 0.717) is 5.56 Å². The van der Waals surface area contributed by atoms with Crippen molar-refractivity contribution in [1.82, 2.24) is 10.2 Å². The van der Waals surface area contributed by atoms with Crippen molar-refractivity contribution in [2.75, 3.05) is 32.9 Å². The lowest BCUT2D eigenvalue weighted by molar-refractivity contribution is 0.157. The maximum absolute atomic E-state index is 13.2. The van der Waals surface area contributed by atoms with E-state index in [4.69, 9.17) is 0 Å². The zero-order chi connectivity index (χ0) is 13.0. The van der Waals surface area contributed by atoms with Crippen LogP contribution < -0.4 is 5.32 Å². The quantitative estimate of drug-likeness (QED) is 0.891. The molecule has 0 unspecified atom stereocenters. The van der Waals surface area contributed by atoms with Gasteiger partial charge in [0, 0.05) is 38.3 Å². The Balaban J connectivity index is 2.22. The number of alkyl halides is 1. The summed E-state index contributed by atoms with van der Waals surface area (Å²) in [6.07, 6.45) is 0.267. The number of halogens is 3. The van der Waals surface area contributed by atoms with Crippen LogP contribution in [0.1, 0.15) is 18.0 Å². The molecule has 1 aromatic carbocycles. The second kappa shape index (κ2) is 6.20. The van der Waals surface area contributed by atoms with Crippen molar-refractivity contribution in [3.05, 3.63) is 35.4 Å². The first-order valence-corrected chi connectivity index (χ1v) is 6.17. The molecule has 0 spiro atoms. The molecule has 1 aromatic rings. The molecule has 1 aliphatic heterocycles. The zero-order valence-electron chi connectivity index (χ0n) is 10.1. The lowest BCUT2D eigenvalue weighted by Gasteiger charge is -2.34. The largest absolute Gasteiger partial charge is 0.314 e. The van der Waals surface area contributed by atoms with E-state index in [1.807, 2.05) is 0 Å². The third-order valence-electron chi connectivity index (χ3n) is 3.24. The van der Waals surface area contributed by atoms with E-state index in [9.17, 15) is 13.2 Å². The molecule has 0 aliphatic carbocycles. The molecule has 2 rings (SSSR count). The molecule has 18 heavy (non-hydrogen) atoms. The van der Waals surface area contributed by atoms with Crippen LogP contribution in [0.15, 0.2) is 18.2 Å². The van der Waals surface area contributed by atoms with Crippen LogP contribution in [0.5, 0.6) is 0 Å². The molecule has 1 saturated heterocycles. The van der Waals surface area contributed by atoms with Crippen molar-refractivity contribution in [2.24, 2.45) is 0 Å². The van der Waals surface area contributed by atoms with E-state index in [2.05, 4.69) is 10.2 Å². The minimum Gasteiger partial charge on any atom is -0.314 e. The lowest BCUT2D eigenvalue weighted by Crippen LogP contribution is -2.45. The van der Waals surface area contributed by atoms with Crippen LogP contribution in [0.3, 0.4) is 0 Å². The first-order chi connectivity index (χ1) is 8.70. The number of piperazine rings is 1. The predicted molar refractivity (Wildman–Crippen MR) is 64.1 cm³/mol. The minimum absolute atomic E-state index is 0.248. The Morgan fingerprint density at radius 1 is 1.11 bits per heavy atom. The Hall–Kier alpha value is -1.07. The summed E-state index contributed by atoms with van der Waals surface area (Å²) in [4.78, 5) is 2.07. The summed E-state index contributed by atoms with van der Waals surface area (Å²) < 4.78 is 39.1. The van der Waals surface area contributed by atoms with Crippen LogP contribution in [-0.2, 0) is 0 Å². The second-order valence-corrected chi connectivity index (χ2v) is 4.48. The molecule has 1 heterocycles. The Bertz CT molecular complexity index is 372. The van der Waals surface area contributed by atoms with Gasteiger partial charge in [-0.05, 0) is 24.1 Å². The molecule has 5 heteroatoms. The Morgan fingerprint density at radius 2 is 1.72 bits per heavy atom. The summed E-state index contributed by atoms with van der Waals surface area (Å²) in [6.45, 7) is 2.68. The van der Waals surface area contributed by atoms with Crippen LogP contribution in [0.2, 0.25) is 0 Å². The molecule has 0 aromatic heterocycles. The molecule has 1 aliphatic rings. The minimum atomic E-state index is -0.607. The molecule has 1 N–H and O–H groups in total. The van der Waals surface area contributed by atoms with Crippen LogP contribution in [-0.4, -0.2) is 37.8 Å². The maximum atomic E-state index is 13.2. The van der Waals surface area contributed by atoms with E-state index in [0.717, 1.165) is 32.2 Å². The normalized spacial score (nSPS) is 18.8. The zero-order valence-corrected chi connectivity index (χ0v) is 10.1. The third kappa shape index (κ3) is 3.23. The van der Waals surface area contributed by atoms with Gasteiger partial charge in [0.1, 0.15) is 11.6 Å². The van der Waals surface area contributed by atoms with E-state index < -0.39 is 18.3 Å². The molecule has 0 saturated carbocycles. The van der Waals surface area contributed by atoms with Crippen molar-refractivity contribution < 1.29 is 13.2 Å². The van der Waals surface area contributed by atoms with Crippen molar-refractivity contribution in [2.45, 2.75) is 12.5 Å². The fourth-order valence-corrected chi connectivity index (χ4v) is 2.42. The standard InChI is InChI=1S/C13H17F3N2/c14-2-1-13(18-5-3-17-4-6-18)10-7-11(15)9-12(16)8-10/h7-9,13,17H,1-6H2/t13-/m0/s1. The van der Waals surface area contributed by atoms with Gasteiger partial charge in [-0.1, -0.05) is 0 Å². The molecule has 1 fully saturated rings. The Kier molecular flexibility index (Phi) is 4.60. The number of hydrogen-bond donors (Lipinski definition) is 1. The molecule has 1 atom stereocenters. The Labute approximate surface area is 105 Å². The highest BCUT2D eigenvalue weighted by Crippen LogP contribution is 2.26. The van der Waals surface area contributed by atoms with Crippen molar-refractivity contribution >= 4 is 0 Å². The van der Waals surface area contributed by atoms with Gasteiger partial charge in [-0.25, -0.2) is 8.78 Å².